The third-order valence-electron chi connectivity index (χ3n) is 1.89. The molecule has 0 fully saturated rings. The monoisotopic (exact) mass is 244 g/mol. The van der Waals surface area contributed by atoms with Crippen molar-refractivity contribution in [3.63, 3.8) is 0 Å². The summed E-state index contributed by atoms with van der Waals surface area (Å²) < 4.78 is 28.0. The molecule has 0 amide bonds. The predicted molar refractivity (Wildman–Crippen MR) is 63.7 cm³/mol. The van der Waals surface area contributed by atoms with Gasteiger partial charge in [0.25, 0.3) is 6.08 Å². The number of hydrogen-bond acceptors (Lipinski definition) is 2. The van der Waals surface area contributed by atoms with E-state index in [1.807, 2.05) is 6.08 Å². The van der Waals surface area contributed by atoms with Gasteiger partial charge in [0.15, 0.2) is 0 Å². The van der Waals surface area contributed by atoms with Gasteiger partial charge in [-0.15, -0.1) is 0 Å². The highest BCUT2D eigenvalue weighted by molar-refractivity contribution is 5.82. The van der Waals surface area contributed by atoms with Gasteiger partial charge in [-0.05, 0) is 38.7 Å². The molecule has 0 aromatic rings. The molecular formula is C13H18F2O2. The van der Waals surface area contributed by atoms with Crippen LogP contribution in [0.3, 0.4) is 0 Å². The highest BCUT2D eigenvalue weighted by Crippen LogP contribution is 2.05. The van der Waals surface area contributed by atoms with Crippen LogP contribution in [-0.2, 0) is 9.53 Å². The molecule has 0 atom stereocenters. The molecule has 0 aliphatic heterocycles. The summed E-state index contributed by atoms with van der Waals surface area (Å²) in [5, 5.41) is 0. The number of carbonyl (C=O) groups is 1. The number of rotatable bonds is 8. The van der Waals surface area contributed by atoms with E-state index in [2.05, 4.69) is 4.74 Å². The van der Waals surface area contributed by atoms with Gasteiger partial charge in [0.1, 0.15) is 0 Å². The van der Waals surface area contributed by atoms with E-state index in [1.54, 1.807) is 19.1 Å². The molecule has 0 spiro atoms. The molecule has 0 aliphatic carbocycles. The fraction of sp³-hybridized carbons (Fsp3) is 0.462. The van der Waals surface area contributed by atoms with E-state index in [0.29, 0.717) is 13.0 Å². The van der Waals surface area contributed by atoms with E-state index in [-0.39, 0.29) is 5.97 Å². The fourth-order valence-corrected chi connectivity index (χ4v) is 1.12. The number of esters is 1. The molecule has 0 heterocycles. The van der Waals surface area contributed by atoms with Crippen LogP contribution in [0.5, 0.6) is 0 Å². The minimum atomic E-state index is -1.61. The first kappa shape index (κ1) is 15.6. The molecule has 0 N–H and O–H groups in total. The summed E-state index contributed by atoms with van der Waals surface area (Å²) in [6.07, 6.45) is 8.75. The van der Waals surface area contributed by atoms with Crippen molar-refractivity contribution < 1.29 is 18.3 Å². The predicted octanol–water partition coefficient (Wildman–Crippen LogP) is 4.00. The lowest BCUT2D eigenvalue weighted by atomic mass is 10.2. The Bertz CT molecular complexity index is 290. The van der Waals surface area contributed by atoms with Crippen LogP contribution in [-0.4, -0.2) is 12.6 Å². The molecule has 17 heavy (non-hydrogen) atoms. The summed E-state index contributed by atoms with van der Waals surface area (Å²) in [5.41, 5.74) is 0. The van der Waals surface area contributed by atoms with Gasteiger partial charge in [0.2, 0.25) is 0 Å². The number of hydrogen-bond donors (Lipinski definition) is 0. The lowest BCUT2D eigenvalue weighted by molar-refractivity contribution is -0.137. The van der Waals surface area contributed by atoms with E-state index in [1.165, 1.54) is 6.08 Å². The number of carbonyl (C=O) groups excluding carboxylic acids is 1. The van der Waals surface area contributed by atoms with Gasteiger partial charge in [0.05, 0.1) is 6.61 Å². The van der Waals surface area contributed by atoms with Crippen LogP contribution in [0.4, 0.5) is 8.78 Å². The van der Waals surface area contributed by atoms with Gasteiger partial charge in [-0.1, -0.05) is 18.2 Å². The molecule has 0 aromatic heterocycles. The molecule has 0 bridgehead atoms. The molecule has 0 unspecified atom stereocenters. The molecule has 0 radical (unpaired) electrons. The Kier molecular flexibility index (Phi) is 10.1. The largest absolute Gasteiger partial charge is 0.463 e. The zero-order chi connectivity index (χ0) is 12.9. The number of ether oxygens (including phenoxy) is 1. The average Bonchev–Trinajstić information content (AvgIpc) is 2.27. The second-order valence-electron chi connectivity index (χ2n) is 3.32. The number of unbranched alkanes of at least 4 members (excludes halogenated alkanes) is 3. The Labute approximate surface area is 101 Å². The maximum absolute atomic E-state index is 11.6. The van der Waals surface area contributed by atoms with Gasteiger partial charge >= 0.3 is 5.97 Å². The molecule has 2 nitrogen and oxygen atoms in total. The fourth-order valence-electron chi connectivity index (χ4n) is 1.12. The standard InChI is InChI=1S/C13H18F2O2/c1-2-17-13(16)11-9-7-5-3-4-6-8-10-12(14)15/h5,7,9-11H,2-4,6,8H2,1H3. The van der Waals surface area contributed by atoms with Gasteiger partial charge in [-0.3, -0.25) is 0 Å². The van der Waals surface area contributed by atoms with Crippen LogP contribution < -0.4 is 0 Å². The van der Waals surface area contributed by atoms with Crippen molar-refractivity contribution in [2.75, 3.05) is 6.61 Å². The maximum atomic E-state index is 11.6. The van der Waals surface area contributed by atoms with Crippen LogP contribution in [0.2, 0.25) is 0 Å². The van der Waals surface area contributed by atoms with E-state index in [4.69, 9.17) is 0 Å². The molecule has 0 aromatic carbocycles. The van der Waals surface area contributed by atoms with Crippen molar-refractivity contribution in [1.82, 2.24) is 0 Å². The van der Waals surface area contributed by atoms with Gasteiger partial charge in [0, 0.05) is 6.08 Å². The molecule has 0 saturated carbocycles. The third kappa shape index (κ3) is 12.5. The summed E-state index contributed by atoms with van der Waals surface area (Å²) in [5.74, 6) is -0.360. The lowest BCUT2D eigenvalue weighted by Gasteiger charge is -1.93. The van der Waals surface area contributed by atoms with Gasteiger partial charge in [-0.25, -0.2) is 4.79 Å². The summed E-state index contributed by atoms with van der Waals surface area (Å²) in [4.78, 5) is 10.9. The van der Waals surface area contributed by atoms with Crippen LogP contribution in [0.1, 0.15) is 32.6 Å². The zero-order valence-corrected chi connectivity index (χ0v) is 9.99. The zero-order valence-electron chi connectivity index (χ0n) is 9.99. The summed E-state index contributed by atoms with van der Waals surface area (Å²) >= 11 is 0. The smallest absolute Gasteiger partial charge is 0.330 e. The van der Waals surface area contributed by atoms with Gasteiger partial charge in [-0.2, -0.15) is 8.78 Å². The Morgan fingerprint density at radius 3 is 2.53 bits per heavy atom. The van der Waals surface area contributed by atoms with Crippen LogP contribution in [0, 0.1) is 0 Å². The number of allylic oxidation sites excluding steroid dienone is 4. The first-order chi connectivity index (χ1) is 8.16. The van der Waals surface area contributed by atoms with Crippen molar-refractivity contribution in [2.45, 2.75) is 32.6 Å². The van der Waals surface area contributed by atoms with Gasteiger partial charge < -0.3 is 4.74 Å². The van der Waals surface area contributed by atoms with Crippen molar-refractivity contribution >= 4 is 5.97 Å². The Morgan fingerprint density at radius 2 is 1.88 bits per heavy atom. The van der Waals surface area contributed by atoms with Crippen molar-refractivity contribution in [3.05, 3.63) is 36.5 Å². The second kappa shape index (κ2) is 11.0. The summed E-state index contributed by atoms with van der Waals surface area (Å²) in [6, 6.07) is 0. The normalized spacial score (nSPS) is 11.0. The highest BCUT2D eigenvalue weighted by atomic mass is 19.3. The topological polar surface area (TPSA) is 26.3 Å². The molecule has 0 saturated heterocycles. The van der Waals surface area contributed by atoms with E-state index in [0.717, 1.165) is 25.3 Å². The van der Waals surface area contributed by atoms with E-state index < -0.39 is 6.08 Å². The molecule has 0 aliphatic rings. The average molecular weight is 244 g/mol. The van der Waals surface area contributed by atoms with E-state index in [9.17, 15) is 13.6 Å². The molecular weight excluding hydrogens is 226 g/mol. The SMILES string of the molecule is CCOC(=O)C=CC=CCCCCC=C(F)F. The van der Waals surface area contributed by atoms with Crippen molar-refractivity contribution in [2.24, 2.45) is 0 Å². The van der Waals surface area contributed by atoms with Crippen LogP contribution in [0.15, 0.2) is 36.5 Å². The minimum Gasteiger partial charge on any atom is -0.463 e. The summed E-state index contributed by atoms with van der Waals surface area (Å²) in [7, 11) is 0. The Hall–Kier alpha value is -1.45. The maximum Gasteiger partial charge on any atom is 0.330 e. The van der Waals surface area contributed by atoms with Crippen molar-refractivity contribution in [3.8, 4) is 0 Å². The molecule has 96 valence electrons. The lowest BCUT2D eigenvalue weighted by Crippen LogP contribution is -1.98. The quantitative estimate of drug-likeness (QED) is 0.279. The first-order valence-electron chi connectivity index (χ1n) is 5.68. The Balaban J connectivity index is 3.48. The molecule has 0 rings (SSSR count). The third-order valence-corrected chi connectivity index (χ3v) is 1.89. The van der Waals surface area contributed by atoms with E-state index >= 15 is 0 Å². The highest BCUT2D eigenvalue weighted by Gasteiger charge is 1.90. The second-order valence-corrected chi connectivity index (χ2v) is 3.32. The van der Waals surface area contributed by atoms with Crippen LogP contribution >= 0.6 is 0 Å². The van der Waals surface area contributed by atoms with Crippen LogP contribution in [0.25, 0.3) is 0 Å². The number of halogens is 2. The first-order valence-corrected chi connectivity index (χ1v) is 5.68. The molecule has 4 heteroatoms. The summed E-state index contributed by atoms with van der Waals surface area (Å²) in [6.45, 7) is 2.11. The minimum absolute atomic E-state index is 0.360. The Morgan fingerprint density at radius 1 is 1.18 bits per heavy atom. The van der Waals surface area contributed by atoms with Crippen molar-refractivity contribution in [1.29, 1.82) is 0 Å².